The van der Waals surface area contributed by atoms with Crippen LogP contribution in [0.3, 0.4) is 0 Å². The first-order chi connectivity index (χ1) is 17.1. The van der Waals surface area contributed by atoms with Crippen LogP contribution in [-0.4, -0.2) is 36.2 Å². The van der Waals surface area contributed by atoms with Gasteiger partial charge in [0.25, 0.3) is 5.69 Å². The maximum Gasteiger partial charge on any atom is 0.416 e. The Morgan fingerprint density at radius 1 is 1.08 bits per heavy atom. The quantitative estimate of drug-likeness (QED) is 0.319. The van der Waals surface area contributed by atoms with Crippen LogP contribution in [0.15, 0.2) is 60.0 Å². The van der Waals surface area contributed by atoms with Crippen LogP contribution in [-0.2, 0) is 24.6 Å². The fourth-order valence-electron chi connectivity index (χ4n) is 4.97. The number of aliphatic imine (C=N–C) groups is 1. The normalized spacial score (nSPS) is 18.8. The number of alkyl halides is 3. The minimum atomic E-state index is -4.47. The van der Waals surface area contributed by atoms with Crippen molar-refractivity contribution >= 4 is 23.0 Å². The second-order valence-electron chi connectivity index (χ2n) is 8.80. The van der Waals surface area contributed by atoms with Crippen molar-refractivity contribution in [3.05, 3.63) is 82.4 Å². The van der Waals surface area contributed by atoms with Gasteiger partial charge in [-0.3, -0.25) is 10.2 Å². The molecule has 0 radical (unpaired) electrons. The van der Waals surface area contributed by atoms with Crippen LogP contribution in [0, 0.1) is 0 Å². The number of aromatic nitrogens is 5. The highest BCUT2D eigenvalue weighted by molar-refractivity contribution is 6.31. The van der Waals surface area contributed by atoms with Crippen molar-refractivity contribution in [2.24, 2.45) is 4.99 Å². The number of hydrogen-bond donors (Lipinski definition) is 2. The van der Waals surface area contributed by atoms with Gasteiger partial charge < -0.3 is 5.11 Å². The van der Waals surface area contributed by atoms with E-state index in [0.717, 1.165) is 16.9 Å². The molecule has 4 aromatic rings. The zero-order valence-electron chi connectivity index (χ0n) is 18.4. The number of halogens is 4. The standard InChI is InChI=1S/C24H17ClF3N6O2/c25-17-2-4-20(33-12-29-31-32-33)18(10-17)15-7-13-5-6-23(35,22(13)34(36)11-15)21-9-14-8-16(24(26,27)28)1-3-19(14)30-21/h1-4,7-8,10-12,35-36H,5-6,9H2/q+1. The third kappa shape index (κ3) is 3.54. The van der Waals surface area contributed by atoms with E-state index in [-0.39, 0.29) is 18.5 Å². The molecule has 0 saturated heterocycles. The average molecular weight is 514 g/mol. The Morgan fingerprint density at radius 3 is 2.67 bits per heavy atom. The van der Waals surface area contributed by atoms with Crippen LogP contribution in [0.5, 0.6) is 0 Å². The predicted octanol–water partition coefficient (Wildman–Crippen LogP) is 3.99. The Morgan fingerprint density at radius 2 is 1.92 bits per heavy atom. The lowest BCUT2D eigenvalue weighted by Gasteiger charge is -2.20. The largest absolute Gasteiger partial charge is 0.416 e. The van der Waals surface area contributed by atoms with Gasteiger partial charge in [0.05, 0.1) is 28.2 Å². The van der Waals surface area contributed by atoms with Gasteiger partial charge in [-0.15, -0.1) is 5.10 Å². The zero-order chi connectivity index (χ0) is 25.2. The Kier molecular flexibility index (Phi) is 4.92. The van der Waals surface area contributed by atoms with Gasteiger partial charge in [0.1, 0.15) is 6.33 Å². The molecule has 2 N–H and O–H groups in total. The second-order valence-corrected chi connectivity index (χ2v) is 9.24. The van der Waals surface area contributed by atoms with Gasteiger partial charge in [-0.25, -0.2) is 0 Å². The molecule has 0 saturated carbocycles. The minimum absolute atomic E-state index is 0.0503. The molecule has 8 nitrogen and oxygen atoms in total. The molecule has 0 bridgehead atoms. The summed E-state index contributed by atoms with van der Waals surface area (Å²) in [6, 6.07) is 10.3. The lowest BCUT2D eigenvalue weighted by molar-refractivity contribution is -0.911. The number of nitrogens with zero attached hydrogens (tertiary/aromatic N) is 6. The smallest absolute Gasteiger partial charge is 0.373 e. The van der Waals surface area contributed by atoms with E-state index < -0.39 is 17.3 Å². The fourth-order valence-corrected chi connectivity index (χ4v) is 5.14. The maximum atomic E-state index is 13.2. The molecule has 0 amide bonds. The molecule has 1 aliphatic carbocycles. The van der Waals surface area contributed by atoms with Gasteiger partial charge in [0.2, 0.25) is 6.20 Å². The molecule has 3 heterocycles. The Balaban J connectivity index is 1.40. The van der Waals surface area contributed by atoms with Gasteiger partial charge in [0.15, 0.2) is 5.60 Å². The van der Waals surface area contributed by atoms with Crippen molar-refractivity contribution in [2.45, 2.75) is 31.0 Å². The highest BCUT2D eigenvalue weighted by Gasteiger charge is 2.51. The van der Waals surface area contributed by atoms with Crippen LogP contribution in [0.25, 0.3) is 16.8 Å². The molecule has 0 fully saturated rings. The van der Waals surface area contributed by atoms with E-state index in [1.54, 1.807) is 18.2 Å². The molecule has 6 rings (SSSR count). The highest BCUT2D eigenvalue weighted by atomic mass is 35.5. The number of rotatable bonds is 3. The summed E-state index contributed by atoms with van der Waals surface area (Å²) in [6.45, 7) is 0. The number of aryl methyl sites for hydroxylation is 1. The molecule has 2 aromatic heterocycles. The molecular weight excluding hydrogens is 497 g/mol. The van der Waals surface area contributed by atoms with Crippen LogP contribution >= 0.6 is 11.6 Å². The third-order valence-corrected chi connectivity index (χ3v) is 6.87. The predicted molar refractivity (Wildman–Crippen MR) is 121 cm³/mol. The van der Waals surface area contributed by atoms with Gasteiger partial charge >= 0.3 is 6.18 Å². The van der Waals surface area contributed by atoms with E-state index in [4.69, 9.17) is 11.6 Å². The van der Waals surface area contributed by atoms with Crippen molar-refractivity contribution < 1.29 is 28.2 Å². The minimum Gasteiger partial charge on any atom is -0.373 e. The summed E-state index contributed by atoms with van der Waals surface area (Å²) in [5, 5.41) is 34.4. The van der Waals surface area contributed by atoms with Gasteiger partial charge in [0, 0.05) is 27.3 Å². The molecule has 0 spiro atoms. The SMILES string of the molecule is O[n+]1cc(-c2cc(Cl)ccc2-n2cnnn2)cc2c1C(O)(C1=Nc3ccc(C(F)(F)F)cc3C1)CC2. The summed E-state index contributed by atoms with van der Waals surface area (Å²) >= 11 is 6.24. The van der Waals surface area contributed by atoms with E-state index >= 15 is 0 Å². The molecule has 12 heteroatoms. The molecule has 2 aromatic carbocycles. The Bertz CT molecular complexity index is 1550. The lowest BCUT2D eigenvalue weighted by Crippen LogP contribution is -2.47. The van der Waals surface area contributed by atoms with Crippen molar-refractivity contribution in [3.63, 3.8) is 0 Å². The van der Waals surface area contributed by atoms with Crippen molar-refractivity contribution in [2.75, 3.05) is 0 Å². The molecular formula is C24H17ClF3N6O2+. The maximum absolute atomic E-state index is 13.2. The van der Waals surface area contributed by atoms with E-state index in [0.29, 0.717) is 50.8 Å². The van der Waals surface area contributed by atoms with Gasteiger partial charge in [-0.2, -0.15) is 17.9 Å². The second kappa shape index (κ2) is 7.84. The monoisotopic (exact) mass is 513 g/mol. The molecule has 1 unspecified atom stereocenters. The van der Waals surface area contributed by atoms with Crippen molar-refractivity contribution in [1.82, 2.24) is 20.2 Å². The molecule has 182 valence electrons. The summed E-state index contributed by atoms with van der Waals surface area (Å²) in [6.07, 6.45) is -0.898. The number of aliphatic hydroxyl groups is 1. The number of benzene rings is 2. The number of fused-ring (bicyclic) bond motifs is 2. The van der Waals surface area contributed by atoms with E-state index in [2.05, 4.69) is 20.5 Å². The number of pyridine rings is 1. The zero-order valence-corrected chi connectivity index (χ0v) is 19.2. The molecule has 36 heavy (non-hydrogen) atoms. The Hall–Kier alpha value is -3.83. The topological polar surface area (TPSA) is 100 Å². The van der Waals surface area contributed by atoms with Crippen molar-refractivity contribution in [1.29, 1.82) is 0 Å². The Labute approximate surface area is 206 Å². The molecule has 2 aliphatic rings. The number of tetrazole rings is 1. The molecule has 1 atom stereocenters. The first-order valence-corrected chi connectivity index (χ1v) is 11.3. The van der Waals surface area contributed by atoms with Crippen LogP contribution < -0.4 is 4.73 Å². The summed E-state index contributed by atoms with van der Waals surface area (Å²) in [5.74, 6) is 0. The third-order valence-electron chi connectivity index (χ3n) is 6.64. The molecule has 1 aliphatic heterocycles. The van der Waals surface area contributed by atoms with Crippen LogP contribution in [0.2, 0.25) is 5.02 Å². The first-order valence-electron chi connectivity index (χ1n) is 11.0. The summed E-state index contributed by atoms with van der Waals surface area (Å²) in [7, 11) is 0. The summed E-state index contributed by atoms with van der Waals surface area (Å²) < 4.78 is 41.8. The van der Waals surface area contributed by atoms with E-state index in [1.807, 2.05) is 6.07 Å². The van der Waals surface area contributed by atoms with Crippen LogP contribution in [0.4, 0.5) is 18.9 Å². The summed E-state index contributed by atoms with van der Waals surface area (Å²) in [5.41, 5.74) is 1.47. The number of hydrogen-bond acceptors (Lipinski definition) is 6. The fraction of sp³-hybridized carbons (Fsp3) is 0.208. The van der Waals surface area contributed by atoms with E-state index in [9.17, 15) is 23.5 Å². The average Bonchev–Trinajstić information content (AvgIpc) is 3.57. The van der Waals surface area contributed by atoms with Crippen molar-refractivity contribution in [3.8, 4) is 16.8 Å². The van der Waals surface area contributed by atoms with Crippen LogP contribution in [0.1, 0.15) is 28.8 Å². The van der Waals surface area contributed by atoms with Gasteiger partial charge in [-0.1, -0.05) is 11.6 Å². The summed E-state index contributed by atoms with van der Waals surface area (Å²) in [4.78, 5) is 4.44. The first kappa shape index (κ1) is 22.6. The van der Waals surface area contributed by atoms with E-state index in [1.165, 1.54) is 23.3 Å². The van der Waals surface area contributed by atoms with Gasteiger partial charge in [-0.05, 0) is 71.3 Å². The highest BCUT2D eigenvalue weighted by Crippen LogP contribution is 2.43. The lowest BCUT2D eigenvalue weighted by atomic mass is 9.90.